The van der Waals surface area contributed by atoms with Gasteiger partial charge in [0, 0.05) is 43.5 Å². The van der Waals surface area contributed by atoms with Gasteiger partial charge in [-0.1, -0.05) is 6.92 Å². The summed E-state index contributed by atoms with van der Waals surface area (Å²) < 4.78 is 7.62. The third-order valence-corrected chi connectivity index (χ3v) is 5.43. The van der Waals surface area contributed by atoms with Gasteiger partial charge < -0.3 is 14.5 Å². The number of fused-ring (bicyclic) bond motifs is 1. The molecule has 154 valence electrons. The molecule has 0 N–H and O–H groups in total. The van der Waals surface area contributed by atoms with Gasteiger partial charge in [0.25, 0.3) is 5.91 Å². The van der Waals surface area contributed by atoms with Crippen molar-refractivity contribution in [1.82, 2.24) is 19.5 Å². The molecule has 1 amide bonds. The average molecular weight is 403 g/mol. The lowest BCUT2D eigenvalue weighted by Gasteiger charge is -2.34. The lowest BCUT2D eigenvalue weighted by molar-refractivity contribution is -0.125. The first-order chi connectivity index (χ1) is 14.6. The number of piperazine rings is 1. The Hall–Kier alpha value is -3.53. The lowest BCUT2D eigenvalue weighted by atomic mass is 10.0. The molecule has 1 saturated heterocycles. The van der Waals surface area contributed by atoms with Gasteiger partial charge in [-0.2, -0.15) is 5.10 Å². The number of aromatic nitrogens is 3. The molecule has 7 heteroatoms. The van der Waals surface area contributed by atoms with Gasteiger partial charge in [-0.15, -0.1) is 6.42 Å². The van der Waals surface area contributed by atoms with Crippen molar-refractivity contribution in [1.29, 1.82) is 0 Å². The monoisotopic (exact) mass is 403 g/mol. The Bertz CT molecular complexity index is 1090. The van der Waals surface area contributed by atoms with Crippen molar-refractivity contribution in [3.05, 3.63) is 42.4 Å². The lowest BCUT2D eigenvalue weighted by Crippen LogP contribution is -2.48. The van der Waals surface area contributed by atoms with Crippen molar-refractivity contribution in [3.63, 3.8) is 0 Å². The number of hydrogen-bond acceptors (Lipinski definition) is 5. The zero-order chi connectivity index (χ0) is 21.1. The number of carbonyl (C=O) groups excluding carboxylic acids is 1. The van der Waals surface area contributed by atoms with E-state index >= 15 is 0 Å². The van der Waals surface area contributed by atoms with Gasteiger partial charge in [0.05, 0.1) is 24.5 Å². The molecule has 0 unspecified atom stereocenters. The summed E-state index contributed by atoms with van der Waals surface area (Å²) in [4.78, 5) is 20.2. The molecule has 0 aliphatic carbocycles. The summed E-state index contributed by atoms with van der Waals surface area (Å²) in [5, 5.41) is 4.50. The van der Waals surface area contributed by atoms with E-state index in [1.807, 2.05) is 36.1 Å². The highest BCUT2D eigenvalue weighted by Crippen LogP contribution is 2.31. The van der Waals surface area contributed by atoms with Crippen LogP contribution in [0.15, 0.2) is 36.8 Å². The highest BCUT2D eigenvalue weighted by atomic mass is 16.5. The van der Waals surface area contributed by atoms with Gasteiger partial charge >= 0.3 is 0 Å². The molecule has 4 rings (SSSR count). The second-order valence-corrected chi connectivity index (χ2v) is 7.17. The van der Waals surface area contributed by atoms with E-state index in [1.54, 1.807) is 4.90 Å². The predicted octanol–water partition coefficient (Wildman–Crippen LogP) is 2.64. The zero-order valence-electron chi connectivity index (χ0n) is 17.3. The SMILES string of the molecule is C#CC(=O)N1CCN(c2ccc(-c3cc(OCC)cn4ncc(CC)c34)cn2)CC1. The third-order valence-electron chi connectivity index (χ3n) is 5.43. The normalized spacial score (nSPS) is 14.0. The molecular formula is C23H25N5O2. The van der Waals surface area contributed by atoms with Gasteiger partial charge in [-0.3, -0.25) is 4.79 Å². The van der Waals surface area contributed by atoms with Crippen LogP contribution in [0.1, 0.15) is 19.4 Å². The van der Waals surface area contributed by atoms with E-state index in [0.29, 0.717) is 32.8 Å². The molecule has 0 bridgehead atoms. The first-order valence-corrected chi connectivity index (χ1v) is 10.2. The molecule has 1 aliphatic heterocycles. The number of nitrogens with zero attached hydrogens (tertiary/aromatic N) is 5. The molecule has 0 spiro atoms. The maximum atomic E-state index is 11.7. The van der Waals surface area contributed by atoms with Crippen molar-refractivity contribution < 1.29 is 9.53 Å². The second kappa shape index (κ2) is 8.46. The number of rotatable bonds is 5. The van der Waals surface area contributed by atoms with Crippen LogP contribution in [0.3, 0.4) is 0 Å². The van der Waals surface area contributed by atoms with Crippen LogP contribution in [0.2, 0.25) is 0 Å². The number of hydrogen-bond donors (Lipinski definition) is 0. The molecule has 1 fully saturated rings. The van der Waals surface area contributed by atoms with E-state index in [0.717, 1.165) is 34.6 Å². The van der Waals surface area contributed by atoms with Crippen LogP contribution < -0.4 is 9.64 Å². The molecule has 0 atom stereocenters. The van der Waals surface area contributed by atoms with Crippen molar-refractivity contribution in [2.45, 2.75) is 20.3 Å². The molecule has 3 aromatic heterocycles. The summed E-state index contributed by atoms with van der Waals surface area (Å²) in [5.74, 6) is 3.62. The third kappa shape index (κ3) is 3.69. The number of aryl methyl sites for hydroxylation is 1. The Morgan fingerprint density at radius 2 is 2.00 bits per heavy atom. The average Bonchev–Trinajstić information content (AvgIpc) is 3.21. The van der Waals surface area contributed by atoms with Gasteiger partial charge in [0.1, 0.15) is 11.6 Å². The fourth-order valence-electron chi connectivity index (χ4n) is 3.85. The van der Waals surface area contributed by atoms with E-state index in [2.05, 4.69) is 35.0 Å². The minimum Gasteiger partial charge on any atom is -0.492 e. The zero-order valence-corrected chi connectivity index (χ0v) is 17.3. The van der Waals surface area contributed by atoms with Gasteiger partial charge in [-0.05, 0) is 43.0 Å². The smallest absolute Gasteiger partial charge is 0.298 e. The Labute approximate surface area is 176 Å². The van der Waals surface area contributed by atoms with Gasteiger partial charge in [0.2, 0.25) is 0 Å². The molecular weight excluding hydrogens is 378 g/mol. The summed E-state index contributed by atoms with van der Waals surface area (Å²) in [6.07, 6.45) is 11.8. The first kappa shape index (κ1) is 19.8. The second-order valence-electron chi connectivity index (χ2n) is 7.17. The van der Waals surface area contributed by atoms with E-state index in [4.69, 9.17) is 16.1 Å². The maximum absolute atomic E-state index is 11.7. The van der Waals surface area contributed by atoms with Crippen LogP contribution in [0, 0.1) is 12.3 Å². The predicted molar refractivity (Wildman–Crippen MR) is 117 cm³/mol. The van der Waals surface area contributed by atoms with Crippen LogP contribution in [0.5, 0.6) is 5.75 Å². The summed E-state index contributed by atoms with van der Waals surface area (Å²) in [6, 6.07) is 6.17. The number of amides is 1. The van der Waals surface area contributed by atoms with Crippen LogP contribution >= 0.6 is 0 Å². The Kier molecular flexibility index (Phi) is 5.57. The Balaban J connectivity index is 1.62. The van der Waals surface area contributed by atoms with Crippen LogP contribution in [-0.4, -0.2) is 58.2 Å². The largest absolute Gasteiger partial charge is 0.492 e. The Morgan fingerprint density at radius 3 is 2.63 bits per heavy atom. The highest BCUT2D eigenvalue weighted by Gasteiger charge is 2.21. The van der Waals surface area contributed by atoms with Crippen LogP contribution in [-0.2, 0) is 11.2 Å². The summed E-state index contributed by atoms with van der Waals surface area (Å²) >= 11 is 0. The molecule has 3 aromatic rings. The molecule has 0 radical (unpaired) electrons. The van der Waals surface area contributed by atoms with Gasteiger partial charge in [-0.25, -0.2) is 9.50 Å². The van der Waals surface area contributed by atoms with E-state index in [9.17, 15) is 4.79 Å². The standard InChI is InChI=1S/C23H25N5O2/c1-4-17-15-25-28-16-19(30-6-3)13-20(23(17)28)18-7-8-21(24-14-18)26-9-11-27(12-10-26)22(29)5-2/h2,7-8,13-16H,4,6,9-12H2,1,3H3. The summed E-state index contributed by atoms with van der Waals surface area (Å²) in [7, 11) is 0. The minimum absolute atomic E-state index is 0.247. The molecule has 7 nitrogen and oxygen atoms in total. The van der Waals surface area contributed by atoms with E-state index < -0.39 is 0 Å². The van der Waals surface area contributed by atoms with Crippen LogP contribution in [0.4, 0.5) is 5.82 Å². The summed E-state index contributed by atoms with van der Waals surface area (Å²) in [6.45, 7) is 7.34. The first-order valence-electron chi connectivity index (χ1n) is 10.2. The number of pyridine rings is 2. The maximum Gasteiger partial charge on any atom is 0.298 e. The number of terminal acetylenes is 1. The minimum atomic E-state index is -0.247. The number of anilines is 1. The Morgan fingerprint density at radius 1 is 1.20 bits per heavy atom. The molecule has 4 heterocycles. The number of ether oxygens (including phenoxy) is 1. The molecule has 0 aromatic carbocycles. The number of carbonyl (C=O) groups is 1. The van der Waals surface area contributed by atoms with Crippen molar-refractivity contribution >= 4 is 17.2 Å². The topological polar surface area (TPSA) is 63.0 Å². The fraction of sp³-hybridized carbons (Fsp3) is 0.348. The fourth-order valence-corrected chi connectivity index (χ4v) is 3.85. The van der Waals surface area contributed by atoms with E-state index in [-0.39, 0.29) is 5.91 Å². The van der Waals surface area contributed by atoms with Gasteiger partial charge in [0.15, 0.2) is 0 Å². The van der Waals surface area contributed by atoms with E-state index in [1.165, 1.54) is 5.56 Å². The van der Waals surface area contributed by atoms with Crippen molar-refractivity contribution in [2.75, 3.05) is 37.7 Å². The summed E-state index contributed by atoms with van der Waals surface area (Å²) in [5.41, 5.74) is 4.34. The molecule has 1 aliphatic rings. The van der Waals surface area contributed by atoms with Crippen molar-refractivity contribution in [3.8, 4) is 29.2 Å². The quantitative estimate of drug-likeness (QED) is 0.613. The van der Waals surface area contributed by atoms with Crippen LogP contribution in [0.25, 0.3) is 16.6 Å². The molecule has 0 saturated carbocycles. The molecule has 30 heavy (non-hydrogen) atoms. The van der Waals surface area contributed by atoms with Crippen molar-refractivity contribution in [2.24, 2.45) is 0 Å². The highest BCUT2D eigenvalue weighted by molar-refractivity contribution is 5.93.